The van der Waals surface area contributed by atoms with E-state index in [4.69, 9.17) is 21.7 Å². The molecule has 0 bridgehead atoms. The van der Waals surface area contributed by atoms with Gasteiger partial charge in [-0.3, -0.25) is 9.69 Å². The molecule has 0 spiro atoms. The fraction of sp³-hybridized carbons (Fsp3) is 0.320. The normalized spacial score (nSPS) is 15.8. The van der Waals surface area contributed by atoms with E-state index in [1.54, 1.807) is 18.2 Å². The van der Waals surface area contributed by atoms with E-state index in [9.17, 15) is 9.59 Å². The number of amides is 1. The number of carbonyl (C=O) groups excluding carboxylic acids is 2. The maximum Gasteiger partial charge on any atom is 0.333 e. The second-order valence-electron chi connectivity index (χ2n) is 7.31. The highest BCUT2D eigenvalue weighted by atomic mass is 32.2. The van der Waals surface area contributed by atoms with Crippen molar-refractivity contribution in [2.24, 2.45) is 0 Å². The number of benzene rings is 2. The average molecular weight is 470 g/mol. The molecule has 0 aromatic heterocycles. The number of hydrogen-bond acceptors (Lipinski definition) is 6. The second-order valence-corrected chi connectivity index (χ2v) is 8.98. The summed E-state index contributed by atoms with van der Waals surface area (Å²) in [6.07, 6.45) is 4.52. The molecular weight excluding hydrogens is 442 g/mol. The number of rotatable bonds is 10. The molecule has 168 valence electrons. The number of thioether (sulfide) groups is 1. The lowest BCUT2D eigenvalue weighted by molar-refractivity contribution is -0.151. The highest BCUT2D eigenvalue weighted by Crippen LogP contribution is 2.39. The van der Waals surface area contributed by atoms with E-state index in [1.165, 1.54) is 16.7 Å². The van der Waals surface area contributed by atoms with Gasteiger partial charge in [0, 0.05) is 0 Å². The van der Waals surface area contributed by atoms with Gasteiger partial charge in [-0.25, -0.2) is 4.79 Å². The zero-order chi connectivity index (χ0) is 22.9. The van der Waals surface area contributed by atoms with Gasteiger partial charge in [0.2, 0.25) is 0 Å². The summed E-state index contributed by atoms with van der Waals surface area (Å²) < 4.78 is 11.5. The zero-order valence-electron chi connectivity index (χ0n) is 18.3. The Labute approximate surface area is 198 Å². The molecule has 32 heavy (non-hydrogen) atoms. The molecule has 0 aliphatic carbocycles. The quantitative estimate of drug-likeness (QED) is 0.191. The third kappa shape index (κ3) is 5.99. The van der Waals surface area contributed by atoms with Gasteiger partial charge in [0.1, 0.15) is 10.1 Å². The van der Waals surface area contributed by atoms with Gasteiger partial charge in [-0.15, -0.1) is 0 Å². The van der Waals surface area contributed by atoms with Crippen LogP contribution in [0, 0.1) is 0 Å². The molecule has 0 saturated carbocycles. The number of hydrogen-bond donors (Lipinski definition) is 0. The molecule has 1 fully saturated rings. The van der Waals surface area contributed by atoms with E-state index < -0.39 is 12.0 Å². The van der Waals surface area contributed by atoms with Crippen LogP contribution < -0.4 is 4.74 Å². The third-order valence-corrected chi connectivity index (χ3v) is 6.12. The largest absolute Gasteiger partial charge is 0.494 e. The van der Waals surface area contributed by atoms with Crippen molar-refractivity contribution in [2.45, 2.75) is 39.2 Å². The van der Waals surface area contributed by atoms with Gasteiger partial charge in [0.25, 0.3) is 5.91 Å². The van der Waals surface area contributed by atoms with Crippen LogP contribution in [-0.2, 0) is 14.3 Å². The molecule has 7 heteroatoms. The van der Waals surface area contributed by atoms with E-state index in [2.05, 4.69) is 6.92 Å². The molecule has 1 amide bonds. The monoisotopic (exact) mass is 469 g/mol. The van der Waals surface area contributed by atoms with E-state index in [-0.39, 0.29) is 12.5 Å². The Bertz CT molecular complexity index is 990. The molecule has 2 aromatic rings. The van der Waals surface area contributed by atoms with Crippen molar-refractivity contribution in [3.8, 4) is 5.75 Å². The Morgan fingerprint density at radius 1 is 1.09 bits per heavy atom. The highest BCUT2D eigenvalue weighted by molar-refractivity contribution is 8.26. The van der Waals surface area contributed by atoms with Gasteiger partial charge in [0.15, 0.2) is 6.04 Å². The lowest BCUT2D eigenvalue weighted by atomic mass is 10.1. The second kappa shape index (κ2) is 11.8. The van der Waals surface area contributed by atoms with Crippen molar-refractivity contribution < 1.29 is 19.1 Å². The Balaban J connectivity index is 1.86. The van der Waals surface area contributed by atoms with E-state index in [1.807, 2.05) is 49.4 Å². The van der Waals surface area contributed by atoms with Crippen molar-refractivity contribution in [3.63, 3.8) is 0 Å². The van der Waals surface area contributed by atoms with Crippen LogP contribution in [0.15, 0.2) is 59.5 Å². The number of thiocarbonyl (C=S) groups is 1. The maximum absolute atomic E-state index is 13.3. The van der Waals surface area contributed by atoms with Crippen LogP contribution in [0.1, 0.15) is 50.3 Å². The summed E-state index contributed by atoms with van der Waals surface area (Å²) in [5.74, 6) is -0.0329. The summed E-state index contributed by atoms with van der Waals surface area (Å²) in [5, 5.41) is 0. The Hall–Kier alpha value is -2.64. The Morgan fingerprint density at radius 3 is 2.59 bits per heavy atom. The van der Waals surface area contributed by atoms with Crippen molar-refractivity contribution in [1.29, 1.82) is 0 Å². The summed E-state index contributed by atoms with van der Waals surface area (Å²) in [5.41, 5.74) is 1.50. The fourth-order valence-electron chi connectivity index (χ4n) is 3.19. The first kappa shape index (κ1) is 24.0. The minimum atomic E-state index is -0.912. The highest BCUT2D eigenvalue weighted by Gasteiger charge is 2.42. The van der Waals surface area contributed by atoms with Crippen LogP contribution in [-0.4, -0.2) is 34.3 Å². The number of unbranched alkanes of at least 4 members (excludes halogenated alkanes) is 1. The minimum absolute atomic E-state index is 0.289. The molecule has 1 atom stereocenters. The summed E-state index contributed by atoms with van der Waals surface area (Å²) >= 11 is 6.70. The van der Waals surface area contributed by atoms with Crippen LogP contribution in [0.25, 0.3) is 6.08 Å². The van der Waals surface area contributed by atoms with Gasteiger partial charge >= 0.3 is 5.97 Å². The fourth-order valence-corrected chi connectivity index (χ4v) is 4.50. The molecule has 5 nitrogen and oxygen atoms in total. The average Bonchev–Trinajstić information content (AvgIpc) is 3.07. The molecule has 1 saturated heterocycles. The molecular formula is C25H27NO4S2. The first-order valence-corrected chi connectivity index (χ1v) is 12.0. The summed E-state index contributed by atoms with van der Waals surface area (Å²) in [7, 11) is 0. The standard InChI is InChI=1S/C25H27NO4S2/c1-3-5-15-29-20-13-9-10-18(16-20)17-21-23(27)26(25(31)32-21)22(24(28)30-14-4-2)19-11-7-6-8-12-19/h6-13,16-17,22H,3-5,14-15H2,1-2H3/b21-17+. The Morgan fingerprint density at radius 2 is 1.88 bits per heavy atom. The van der Waals surface area contributed by atoms with Crippen molar-refractivity contribution in [2.75, 3.05) is 13.2 Å². The van der Waals surface area contributed by atoms with Gasteiger partial charge in [0.05, 0.1) is 18.1 Å². The predicted octanol–water partition coefficient (Wildman–Crippen LogP) is 5.76. The number of nitrogens with zero attached hydrogens (tertiary/aromatic N) is 1. The molecule has 1 heterocycles. The summed E-state index contributed by atoms with van der Waals surface area (Å²) in [6, 6.07) is 15.8. The van der Waals surface area contributed by atoms with E-state index in [0.29, 0.717) is 27.8 Å². The van der Waals surface area contributed by atoms with Crippen LogP contribution in [0.4, 0.5) is 0 Å². The van der Waals surface area contributed by atoms with Crippen molar-refractivity contribution in [1.82, 2.24) is 4.90 Å². The van der Waals surface area contributed by atoms with Crippen LogP contribution >= 0.6 is 24.0 Å². The van der Waals surface area contributed by atoms with Gasteiger partial charge < -0.3 is 9.47 Å². The molecule has 1 aliphatic rings. The molecule has 2 aromatic carbocycles. The van der Waals surface area contributed by atoms with Crippen LogP contribution in [0.5, 0.6) is 5.75 Å². The van der Waals surface area contributed by atoms with Crippen LogP contribution in [0.2, 0.25) is 0 Å². The summed E-state index contributed by atoms with van der Waals surface area (Å²) in [6.45, 7) is 4.98. The SMILES string of the molecule is CCCCOc1cccc(/C=C2/SC(=S)N(C(C(=O)OCCC)c3ccccc3)C2=O)c1. The topological polar surface area (TPSA) is 55.8 Å². The van der Waals surface area contributed by atoms with E-state index >= 15 is 0 Å². The van der Waals surface area contributed by atoms with Crippen molar-refractivity contribution >= 4 is 46.3 Å². The number of ether oxygens (including phenoxy) is 2. The minimum Gasteiger partial charge on any atom is -0.494 e. The lowest BCUT2D eigenvalue weighted by Crippen LogP contribution is -2.38. The first-order chi connectivity index (χ1) is 15.5. The molecule has 0 N–H and O–H groups in total. The summed E-state index contributed by atoms with van der Waals surface area (Å²) in [4.78, 5) is 28.0. The molecule has 3 rings (SSSR count). The van der Waals surface area contributed by atoms with Gasteiger partial charge in [-0.2, -0.15) is 0 Å². The number of esters is 1. The molecule has 1 unspecified atom stereocenters. The maximum atomic E-state index is 13.3. The lowest BCUT2D eigenvalue weighted by Gasteiger charge is -2.25. The zero-order valence-corrected chi connectivity index (χ0v) is 19.9. The van der Waals surface area contributed by atoms with Crippen LogP contribution in [0.3, 0.4) is 0 Å². The smallest absolute Gasteiger partial charge is 0.333 e. The number of carbonyl (C=O) groups is 2. The Kier molecular flexibility index (Phi) is 8.88. The van der Waals surface area contributed by atoms with Crippen molar-refractivity contribution in [3.05, 3.63) is 70.6 Å². The van der Waals surface area contributed by atoms with E-state index in [0.717, 1.165) is 24.2 Å². The first-order valence-electron chi connectivity index (χ1n) is 10.8. The van der Waals surface area contributed by atoms with Gasteiger partial charge in [-0.05, 0) is 42.2 Å². The molecule has 1 aliphatic heterocycles. The molecule has 0 radical (unpaired) electrons. The van der Waals surface area contributed by atoms with Gasteiger partial charge in [-0.1, -0.05) is 86.7 Å². The third-order valence-electron chi connectivity index (χ3n) is 4.79. The predicted molar refractivity (Wildman–Crippen MR) is 132 cm³/mol.